The molecule has 0 saturated carbocycles. The van der Waals surface area contributed by atoms with E-state index >= 15 is 0 Å². The number of ether oxygens (including phenoxy) is 1. The SMILES string of the molecule is Cc1csc(C)c1OC(N)=O. The van der Waals surface area contributed by atoms with Gasteiger partial charge in [0, 0.05) is 10.4 Å². The summed E-state index contributed by atoms with van der Waals surface area (Å²) >= 11 is 1.54. The summed E-state index contributed by atoms with van der Waals surface area (Å²) < 4.78 is 4.77. The van der Waals surface area contributed by atoms with Gasteiger partial charge in [0.25, 0.3) is 0 Å². The van der Waals surface area contributed by atoms with Crippen molar-refractivity contribution in [3.8, 4) is 5.75 Å². The van der Waals surface area contributed by atoms with E-state index in [2.05, 4.69) is 0 Å². The van der Waals surface area contributed by atoms with Crippen molar-refractivity contribution in [3.63, 3.8) is 0 Å². The summed E-state index contributed by atoms with van der Waals surface area (Å²) in [7, 11) is 0. The van der Waals surface area contributed by atoms with Gasteiger partial charge in [0.05, 0.1) is 0 Å². The molecule has 0 saturated heterocycles. The van der Waals surface area contributed by atoms with Gasteiger partial charge in [0.15, 0.2) is 0 Å². The summed E-state index contributed by atoms with van der Waals surface area (Å²) in [6, 6.07) is 0. The molecule has 0 aliphatic rings. The van der Waals surface area contributed by atoms with Gasteiger partial charge in [-0.3, -0.25) is 0 Å². The fourth-order valence-corrected chi connectivity index (χ4v) is 1.58. The normalized spacial score (nSPS) is 9.64. The number of carbonyl (C=O) groups is 1. The van der Waals surface area contributed by atoms with Crippen molar-refractivity contribution in [2.24, 2.45) is 5.73 Å². The van der Waals surface area contributed by atoms with Gasteiger partial charge in [-0.25, -0.2) is 4.79 Å². The van der Waals surface area contributed by atoms with Crippen LogP contribution in [0.4, 0.5) is 4.79 Å². The molecule has 1 rings (SSSR count). The van der Waals surface area contributed by atoms with Crippen molar-refractivity contribution in [1.82, 2.24) is 0 Å². The molecule has 2 N–H and O–H groups in total. The predicted molar refractivity (Wildman–Crippen MR) is 44.0 cm³/mol. The smallest absolute Gasteiger partial charge is 0.409 e. The van der Waals surface area contributed by atoms with Crippen LogP contribution in [0.2, 0.25) is 0 Å². The van der Waals surface area contributed by atoms with Gasteiger partial charge in [0.2, 0.25) is 0 Å². The van der Waals surface area contributed by atoms with Crippen molar-refractivity contribution in [2.75, 3.05) is 0 Å². The zero-order valence-corrected chi connectivity index (χ0v) is 7.20. The highest BCUT2D eigenvalue weighted by molar-refractivity contribution is 7.10. The lowest BCUT2D eigenvalue weighted by atomic mass is 10.3. The Bertz CT molecular complexity index is 260. The fraction of sp³-hybridized carbons (Fsp3) is 0.286. The molecule has 0 unspecified atom stereocenters. The molecule has 0 aliphatic heterocycles. The van der Waals surface area contributed by atoms with Gasteiger partial charge in [-0.05, 0) is 19.2 Å². The number of carbonyl (C=O) groups excluding carboxylic acids is 1. The van der Waals surface area contributed by atoms with Crippen LogP contribution in [-0.2, 0) is 0 Å². The van der Waals surface area contributed by atoms with Crippen LogP contribution in [0, 0.1) is 13.8 Å². The number of primary amides is 1. The second-order valence-electron chi connectivity index (χ2n) is 2.23. The van der Waals surface area contributed by atoms with Crippen LogP contribution >= 0.6 is 11.3 Å². The highest BCUT2D eigenvalue weighted by Crippen LogP contribution is 2.28. The van der Waals surface area contributed by atoms with E-state index in [1.165, 1.54) is 0 Å². The van der Waals surface area contributed by atoms with Gasteiger partial charge in [-0.2, -0.15) is 0 Å². The van der Waals surface area contributed by atoms with E-state index in [1.807, 2.05) is 19.2 Å². The number of rotatable bonds is 1. The molecule has 3 nitrogen and oxygen atoms in total. The van der Waals surface area contributed by atoms with Crippen LogP contribution in [0.25, 0.3) is 0 Å². The van der Waals surface area contributed by atoms with Crippen molar-refractivity contribution in [1.29, 1.82) is 0 Å². The Morgan fingerprint density at radius 1 is 1.64 bits per heavy atom. The summed E-state index contributed by atoms with van der Waals surface area (Å²) in [6.45, 7) is 3.76. The number of hydrogen-bond donors (Lipinski definition) is 1. The number of hydrogen-bond acceptors (Lipinski definition) is 3. The maximum atomic E-state index is 10.4. The lowest BCUT2D eigenvalue weighted by molar-refractivity contribution is 0.210. The van der Waals surface area contributed by atoms with Gasteiger partial charge < -0.3 is 10.5 Å². The highest BCUT2D eigenvalue weighted by atomic mass is 32.1. The second-order valence-corrected chi connectivity index (χ2v) is 3.31. The quantitative estimate of drug-likeness (QED) is 0.700. The van der Waals surface area contributed by atoms with E-state index in [-0.39, 0.29) is 0 Å². The highest BCUT2D eigenvalue weighted by Gasteiger charge is 2.07. The minimum Gasteiger partial charge on any atom is -0.409 e. The van der Waals surface area contributed by atoms with Crippen LogP contribution in [0.3, 0.4) is 0 Å². The maximum absolute atomic E-state index is 10.4. The van der Waals surface area contributed by atoms with Crippen LogP contribution in [-0.4, -0.2) is 6.09 Å². The number of thiophene rings is 1. The third kappa shape index (κ3) is 1.71. The largest absolute Gasteiger partial charge is 0.410 e. The van der Waals surface area contributed by atoms with E-state index in [0.29, 0.717) is 5.75 Å². The predicted octanol–water partition coefficient (Wildman–Crippen LogP) is 1.82. The first-order valence-corrected chi connectivity index (χ1v) is 4.01. The molecule has 60 valence electrons. The third-order valence-corrected chi connectivity index (χ3v) is 2.30. The molecule has 0 aromatic carbocycles. The zero-order chi connectivity index (χ0) is 8.43. The van der Waals surface area contributed by atoms with Crippen molar-refractivity contribution in [2.45, 2.75) is 13.8 Å². The molecule has 0 fully saturated rings. The molecule has 1 heterocycles. The Morgan fingerprint density at radius 2 is 2.27 bits per heavy atom. The van der Waals surface area contributed by atoms with E-state index in [4.69, 9.17) is 10.5 Å². The molecule has 11 heavy (non-hydrogen) atoms. The molecule has 1 amide bonds. The fourth-order valence-electron chi connectivity index (χ4n) is 0.814. The first kappa shape index (κ1) is 8.07. The van der Waals surface area contributed by atoms with Gasteiger partial charge >= 0.3 is 6.09 Å². The zero-order valence-electron chi connectivity index (χ0n) is 6.38. The van der Waals surface area contributed by atoms with Crippen LogP contribution in [0.1, 0.15) is 10.4 Å². The molecule has 0 atom stereocenters. The van der Waals surface area contributed by atoms with E-state index in [9.17, 15) is 4.79 Å². The van der Waals surface area contributed by atoms with Crippen LogP contribution in [0.5, 0.6) is 5.75 Å². The Balaban J connectivity index is 2.92. The average molecular weight is 171 g/mol. The number of nitrogens with two attached hydrogens (primary N) is 1. The summed E-state index contributed by atoms with van der Waals surface area (Å²) in [4.78, 5) is 11.3. The van der Waals surface area contributed by atoms with Crippen LogP contribution < -0.4 is 10.5 Å². The van der Waals surface area contributed by atoms with Crippen molar-refractivity contribution < 1.29 is 9.53 Å². The van der Waals surface area contributed by atoms with Gasteiger partial charge in [0.1, 0.15) is 5.75 Å². The second kappa shape index (κ2) is 2.92. The summed E-state index contributed by atoms with van der Waals surface area (Å²) in [6.07, 6.45) is -0.755. The molecule has 1 aromatic rings. The monoisotopic (exact) mass is 171 g/mol. The minimum absolute atomic E-state index is 0.600. The Kier molecular flexibility index (Phi) is 2.14. The molecular formula is C7H9NO2S. The van der Waals surface area contributed by atoms with Gasteiger partial charge in [-0.15, -0.1) is 11.3 Å². The lowest BCUT2D eigenvalue weighted by Gasteiger charge is -1.99. The molecule has 4 heteroatoms. The van der Waals surface area contributed by atoms with Crippen molar-refractivity contribution >= 4 is 17.4 Å². The molecule has 1 aromatic heterocycles. The van der Waals surface area contributed by atoms with E-state index < -0.39 is 6.09 Å². The number of amides is 1. The standard InChI is InChI=1S/C7H9NO2S/c1-4-3-11-5(2)6(4)10-7(8)9/h3H,1-2H3,(H2,8,9). The Hall–Kier alpha value is -1.03. The third-order valence-electron chi connectivity index (χ3n) is 1.29. The molecule has 0 spiro atoms. The van der Waals surface area contributed by atoms with E-state index in [1.54, 1.807) is 11.3 Å². The Labute approximate surface area is 68.8 Å². The minimum atomic E-state index is -0.755. The van der Waals surface area contributed by atoms with Gasteiger partial charge in [-0.1, -0.05) is 0 Å². The van der Waals surface area contributed by atoms with Crippen molar-refractivity contribution in [3.05, 3.63) is 15.8 Å². The summed E-state index contributed by atoms with van der Waals surface area (Å²) in [5.74, 6) is 0.600. The molecule has 0 aliphatic carbocycles. The van der Waals surface area contributed by atoms with Crippen LogP contribution in [0.15, 0.2) is 5.38 Å². The maximum Gasteiger partial charge on any atom is 0.410 e. The summed E-state index contributed by atoms with van der Waals surface area (Å²) in [5.41, 5.74) is 5.82. The molecule has 0 radical (unpaired) electrons. The lowest BCUT2D eigenvalue weighted by Crippen LogP contribution is -2.16. The topological polar surface area (TPSA) is 52.3 Å². The van der Waals surface area contributed by atoms with E-state index in [0.717, 1.165) is 10.4 Å². The Morgan fingerprint density at radius 3 is 2.64 bits per heavy atom. The first-order valence-electron chi connectivity index (χ1n) is 3.13. The summed E-state index contributed by atoms with van der Waals surface area (Å²) in [5, 5.41) is 1.92. The molecular weight excluding hydrogens is 162 g/mol. The first-order chi connectivity index (χ1) is 5.11. The number of aryl methyl sites for hydroxylation is 2. The average Bonchev–Trinajstić information content (AvgIpc) is 2.18. The molecule has 0 bridgehead atoms.